The molecule has 0 bridgehead atoms. The second-order valence-corrected chi connectivity index (χ2v) is 7.35. The molecule has 0 aromatic heterocycles. The van der Waals surface area contributed by atoms with Gasteiger partial charge in [-0.25, -0.2) is 0 Å². The number of aromatic hydroxyl groups is 3. The van der Waals surface area contributed by atoms with Crippen LogP contribution in [0, 0.1) is 0 Å². The van der Waals surface area contributed by atoms with Crippen LogP contribution in [0.25, 0.3) is 0 Å². The van der Waals surface area contributed by atoms with Crippen LogP contribution in [0.1, 0.15) is 36.5 Å². The monoisotopic (exact) mass is 420 g/mol. The van der Waals surface area contributed by atoms with Crippen molar-refractivity contribution in [3.63, 3.8) is 0 Å². The first kappa shape index (κ1) is 21.9. The van der Waals surface area contributed by atoms with Gasteiger partial charge >= 0.3 is 0 Å². The van der Waals surface area contributed by atoms with Crippen LogP contribution < -0.4 is 14.2 Å². The predicted molar refractivity (Wildman–Crippen MR) is 109 cm³/mol. The third-order valence-corrected chi connectivity index (χ3v) is 5.34. The second kappa shape index (κ2) is 9.32. The zero-order valence-corrected chi connectivity index (χ0v) is 17.3. The second-order valence-electron chi connectivity index (χ2n) is 7.35. The molecule has 1 saturated heterocycles. The van der Waals surface area contributed by atoms with Gasteiger partial charge in [0, 0.05) is 6.42 Å². The number of aliphatic hydroxyl groups is 1. The van der Waals surface area contributed by atoms with E-state index in [0.29, 0.717) is 42.7 Å². The lowest BCUT2D eigenvalue weighted by atomic mass is 9.93. The molecular weight excluding hydrogens is 392 g/mol. The van der Waals surface area contributed by atoms with Crippen LogP contribution in [-0.4, -0.2) is 54.0 Å². The molecule has 2 aromatic carbocycles. The van der Waals surface area contributed by atoms with Gasteiger partial charge in [-0.3, -0.25) is 0 Å². The topological polar surface area (TPSA) is 118 Å². The van der Waals surface area contributed by atoms with Gasteiger partial charge < -0.3 is 39.4 Å². The summed E-state index contributed by atoms with van der Waals surface area (Å²) in [5.74, 6) is 0.136. The smallest absolute Gasteiger partial charge is 0.200 e. The highest BCUT2D eigenvalue weighted by Gasteiger charge is 2.30. The molecule has 0 radical (unpaired) electrons. The van der Waals surface area contributed by atoms with Crippen molar-refractivity contribution in [1.29, 1.82) is 0 Å². The molecule has 0 aliphatic carbocycles. The number of aliphatic hydroxyl groups excluding tert-OH is 1. The summed E-state index contributed by atoms with van der Waals surface area (Å²) in [6.07, 6.45) is 0.913. The molecule has 0 saturated carbocycles. The van der Waals surface area contributed by atoms with Gasteiger partial charge in [-0.2, -0.15) is 0 Å². The molecule has 0 spiro atoms. The molecule has 30 heavy (non-hydrogen) atoms. The highest BCUT2D eigenvalue weighted by Crippen LogP contribution is 2.42. The van der Waals surface area contributed by atoms with Crippen molar-refractivity contribution in [2.45, 2.75) is 44.0 Å². The van der Waals surface area contributed by atoms with Crippen LogP contribution in [-0.2, 0) is 11.2 Å². The number of phenols is 3. The Morgan fingerprint density at radius 1 is 0.867 bits per heavy atom. The Morgan fingerprint density at radius 2 is 1.47 bits per heavy atom. The molecule has 1 heterocycles. The van der Waals surface area contributed by atoms with E-state index < -0.39 is 12.2 Å². The summed E-state index contributed by atoms with van der Waals surface area (Å²) in [4.78, 5) is 0. The van der Waals surface area contributed by atoms with Crippen molar-refractivity contribution in [1.82, 2.24) is 0 Å². The van der Waals surface area contributed by atoms with E-state index in [2.05, 4.69) is 0 Å². The number of phenolic OH excluding ortho intramolecular Hbond substituents is 3. The average Bonchev–Trinajstić information content (AvgIpc) is 2.74. The largest absolute Gasteiger partial charge is 0.504 e. The summed E-state index contributed by atoms with van der Waals surface area (Å²) in [7, 11) is 4.35. The van der Waals surface area contributed by atoms with Gasteiger partial charge in [-0.15, -0.1) is 0 Å². The maximum absolute atomic E-state index is 10.4. The Balaban J connectivity index is 1.73. The molecule has 4 N–H and O–H groups in total. The fourth-order valence-electron chi connectivity index (χ4n) is 3.77. The van der Waals surface area contributed by atoms with E-state index in [4.69, 9.17) is 18.9 Å². The molecule has 0 amide bonds. The molecule has 1 aliphatic rings. The minimum atomic E-state index is -0.556. The summed E-state index contributed by atoms with van der Waals surface area (Å²) in [5, 5.41) is 40.2. The van der Waals surface area contributed by atoms with Gasteiger partial charge in [0.2, 0.25) is 11.5 Å². The summed E-state index contributed by atoms with van der Waals surface area (Å²) in [6, 6.07) is 6.52. The van der Waals surface area contributed by atoms with Crippen molar-refractivity contribution in [3.05, 3.63) is 35.4 Å². The van der Waals surface area contributed by atoms with Crippen LogP contribution in [0.5, 0.6) is 34.5 Å². The lowest BCUT2D eigenvalue weighted by molar-refractivity contribution is -0.0999. The quantitative estimate of drug-likeness (QED) is 0.505. The van der Waals surface area contributed by atoms with Crippen molar-refractivity contribution in [2.24, 2.45) is 0 Å². The van der Waals surface area contributed by atoms with E-state index >= 15 is 0 Å². The SMILES string of the molecule is COc1cc([C@@H]2C[C@H](O)C[C@H](CCc3cc(OC)c(O)c(OC)c3)O2)cc(O)c1O. The number of hydrogen-bond donors (Lipinski definition) is 4. The predicted octanol–water partition coefficient (Wildman–Crippen LogP) is 3.04. The average molecular weight is 420 g/mol. The molecular formula is C22H28O8. The number of rotatable bonds is 7. The van der Waals surface area contributed by atoms with Gasteiger partial charge in [0.05, 0.1) is 39.6 Å². The summed E-state index contributed by atoms with van der Waals surface area (Å²) in [6.45, 7) is 0. The lowest BCUT2D eigenvalue weighted by Crippen LogP contribution is -2.31. The molecule has 0 unspecified atom stereocenters. The van der Waals surface area contributed by atoms with Crippen LogP contribution in [0.4, 0.5) is 0 Å². The molecule has 164 valence electrons. The Morgan fingerprint density at radius 3 is 2.07 bits per heavy atom. The normalized spacial score (nSPS) is 21.3. The van der Waals surface area contributed by atoms with Crippen LogP contribution in [0.15, 0.2) is 24.3 Å². The van der Waals surface area contributed by atoms with E-state index in [0.717, 1.165) is 5.56 Å². The van der Waals surface area contributed by atoms with Crippen LogP contribution in [0.2, 0.25) is 0 Å². The standard InChI is InChI=1S/C22H28O8/c1-27-18-6-12(7-19(28-2)22(18)26)4-5-15-10-14(23)11-17(30-15)13-8-16(24)21(25)20(9-13)29-3/h6-9,14-15,17,23-26H,4-5,10-11H2,1-3H3/t14-,15+,17+/m1/s1. The highest BCUT2D eigenvalue weighted by molar-refractivity contribution is 5.53. The van der Waals surface area contributed by atoms with Crippen molar-refractivity contribution >= 4 is 0 Å². The van der Waals surface area contributed by atoms with E-state index in [-0.39, 0.29) is 29.1 Å². The van der Waals surface area contributed by atoms with Gasteiger partial charge in [0.15, 0.2) is 23.0 Å². The van der Waals surface area contributed by atoms with E-state index in [1.54, 1.807) is 18.2 Å². The zero-order valence-electron chi connectivity index (χ0n) is 17.3. The summed E-state index contributed by atoms with van der Waals surface area (Å²) < 4.78 is 21.7. The Kier molecular flexibility index (Phi) is 6.79. The number of hydrogen-bond acceptors (Lipinski definition) is 8. The van der Waals surface area contributed by atoms with Crippen molar-refractivity contribution < 1.29 is 39.4 Å². The fraction of sp³-hybridized carbons (Fsp3) is 0.455. The molecule has 1 aliphatic heterocycles. The van der Waals surface area contributed by atoms with Gasteiger partial charge in [-0.05, 0) is 54.7 Å². The summed E-state index contributed by atoms with van der Waals surface area (Å²) in [5.41, 5.74) is 1.53. The van der Waals surface area contributed by atoms with Crippen LogP contribution >= 0.6 is 0 Å². The summed E-state index contributed by atoms with van der Waals surface area (Å²) >= 11 is 0. The Bertz CT molecular complexity index is 857. The van der Waals surface area contributed by atoms with Gasteiger partial charge in [0.1, 0.15) is 0 Å². The van der Waals surface area contributed by atoms with Crippen molar-refractivity contribution in [2.75, 3.05) is 21.3 Å². The Hall–Kier alpha value is -2.84. The third kappa shape index (κ3) is 4.66. The Labute approximate surface area is 175 Å². The van der Waals surface area contributed by atoms with Gasteiger partial charge in [-0.1, -0.05) is 0 Å². The maximum Gasteiger partial charge on any atom is 0.200 e. The third-order valence-electron chi connectivity index (χ3n) is 5.34. The molecule has 1 fully saturated rings. The first-order chi connectivity index (χ1) is 14.4. The van der Waals surface area contributed by atoms with Gasteiger partial charge in [0.25, 0.3) is 0 Å². The minimum absolute atomic E-state index is 0.0470. The van der Waals surface area contributed by atoms with E-state index in [9.17, 15) is 20.4 Å². The van der Waals surface area contributed by atoms with E-state index in [1.807, 2.05) is 0 Å². The zero-order chi connectivity index (χ0) is 21.8. The minimum Gasteiger partial charge on any atom is -0.504 e. The number of benzene rings is 2. The molecule has 8 nitrogen and oxygen atoms in total. The molecule has 3 atom stereocenters. The highest BCUT2D eigenvalue weighted by atomic mass is 16.5. The van der Waals surface area contributed by atoms with Crippen LogP contribution in [0.3, 0.4) is 0 Å². The first-order valence-electron chi connectivity index (χ1n) is 9.73. The van der Waals surface area contributed by atoms with E-state index in [1.165, 1.54) is 27.4 Å². The number of aryl methyl sites for hydroxylation is 1. The number of methoxy groups -OCH3 is 3. The fourth-order valence-corrected chi connectivity index (χ4v) is 3.77. The van der Waals surface area contributed by atoms with Crippen molar-refractivity contribution in [3.8, 4) is 34.5 Å². The molecule has 8 heteroatoms. The number of ether oxygens (including phenoxy) is 4. The molecule has 3 rings (SSSR count). The lowest BCUT2D eigenvalue weighted by Gasteiger charge is -2.34. The first-order valence-corrected chi connectivity index (χ1v) is 9.73. The molecule has 2 aromatic rings. The maximum atomic E-state index is 10.4.